The fraction of sp³-hybridized carbons (Fsp3) is 0.370. The fourth-order valence-electron chi connectivity index (χ4n) is 5.25. The molecule has 7 nitrogen and oxygen atoms in total. The number of carbonyl (C=O) groups excluding carboxylic acids is 2. The average molecular weight is 512 g/mol. The highest BCUT2D eigenvalue weighted by molar-refractivity contribution is 6.05. The van der Waals surface area contributed by atoms with E-state index in [1.807, 2.05) is 6.07 Å². The van der Waals surface area contributed by atoms with Crippen LogP contribution in [0.4, 0.5) is 24.7 Å². The number of aromatic nitrogens is 2. The number of nitrogens with one attached hydrogen (secondary N) is 3. The second-order valence-electron chi connectivity index (χ2n) is 9.67. The largest absolute Gasteiger partial charge is 0.410 e. The molecule has 1 aliphatic heterocycles. The van der Waals surface area contributed by atoms with Gasteiger partial charge in [0.15, 0.2) is 6.04 Å². The SMILES string of the molecule is O=C(NC1(C(=O)Nc2ccccc2)CCCCC1)c1cnn2c1NC(c1ccccc1)C[C@@H]2C(F)(F)F. The zero-order valence-electron chi connectivity index (χ0n) is 20.1. The quantitative estimate of drug-likeness (QED) is 0.415. The Labute approximate surface area is 212 Å². The van der Waals surface area contributed by atoms with Crippen LogP contribution < -0.4 is 16.0 Å². The summed E-state index contributed by atoms with van der Waals surface area (Å²) in [5.41, 5.74) is 0.0978. The Hall–Kier alpha value is -3.82. The molecule has 1 aromatic heterocycles. The first-order valence-corrected chi connectivity index (χ1v) is 12.4. The maximum Gasteiger partial charge on any atom is 0.410 e. The van der Waals surface area contributed by atoms with E-state index in [-0.39, 0.29) is 23.7 Å². The van der Waals surface area contributed by atoms with Gasteiger partial charge in [-0.25, -0.2) is 4.68 Å². The summed E-state index contributed by atoms with van der Waals surface area (Å²) in [4.78, 5) is 26.9. The van der Waals surface area contributed by atoms with E-state index in [0.29, 0.717) is 24.1 Å². The van der Waals surface area contributed by atoms with E-state index in [1.165, 1.54) is 0 Å². The second-order valence-corrected chi connectivity index (χ2v) is 9.67. The van der Waals surface area contributed by atoms with Crippen molar-refractivity contribution in [1.29, 1.82) is 0 Å². The van der Waals surface area contributed by atoms with Gasteiger partial charge in [-0.3, -0.25) is 9.59 Å². The van der Waals surface area contributed by atoms with Crippen LogP contribution in [-0.2, 0) is 4.79 Å². The lowest BCUT2D eigenvalue weighted by Gasteiger charge is -2.37. The number of halogens is 3. The number of alkyl halides is 3. The molecule has 1 aliphatic carbocycles. The van der Waals surface area contributed by atoms with Crippen molar-refractivity contribution in [3.63, 3.8) is 0 Å². The molecule has 0 spiro atoms. The summed E-state index contributed by atoms with van der Waals surface area (Å²) in [6, 6.07) is 15.2. The van der Waals surface area contributed by atoms with Crippen molar-refractivity contribution in [3.8, 4) is 0 Å². The number of hydrogen-bond donors (Lipinski definition) is 3. The van der Waals surface area contributed by atoms with Gasteiger partial charge >= 0.3 is 6.18 Å². The highest BCUT2D eigenvalue weighted by atomic mass is 19.4. The average Bonchev–Trinajstić information content (AvgIpc) is 3.33. The van der Waals surface area contributed by atoms with E-state index < -0.39 is 29.7 Å². The summed E-state index contributed by atoms with van der Waals surface area (Å²) in [6.45, 7) is 0. The van der Waals surface area contributed by atoms with Gasteiger partial charge in [-0.05, 0) is 30.5 Å². The van der Waals surface area contributed by atoms with E-state index >= 15 is 0 Å². The predicted octanol–water partition coefficient (Wildman–Crippen LogP) is 5.61. The van der Waals surface area contributed by atoms with Crippen molar-refractivity contribution in [3.05, 3.63) is 78.0 Å². The first-order chi connectivity index (χ1) is 17.8. The molecule has 37 heavy (non-hydrogen) atoms. The Bertz CT molecular complexity index is 1250. The predicted molar refractivity (Wildman–Crippen MR) is 133 cm³/mol. The van der Waals surface area contributed by atoms with Crippen molar-refractivity contribution in [2.45, 2.75) is 62.3 Å². The number of para-hydroxylation sites is 1. The fourth-order valence-corrected chi connectivity index (χ4v) is 5.25. The summed E-state index contributed by atoms with van der Waals surface area (Å²) < 4.78 is 42.9. The lowest BCUT2D eigenvalue weighted by Crippen LogP contribution is -2.57. The van der Waals surface area contributed by atoms with Crippen molar-refractivity contribution < 1.29 is 22.8 Å². The Morgan fingerprint density at radius 3 is 2.27 bits per heavy atom. The monoisotopic (exact) mass is 511 g/mol. The summed E-state index contributed by atoms with van der Waals surface area (Å²) in [5.74, 6) is -0.973. The Kier molecular flexibility index (Phi) is 6.66. The molecule has 10 heteroatoms. The topological polar surface area (TPSA) is 88.1 Å². The van der Waals surface area contributed by atoms with Gasteiger partial charge in [0.05, 0.1) is 12.2 Å². The summed E-state index contributed by atoms with van der Waals surface area (Å²) >= 11 is 0. The minimum absolute atomic E-state index is 0.00523. The lowest BCUT2D eigenvalue weighted by molar-refractivity contribution is -0.173. The highest BCUT2D eigenvalue weighted by Crippen LogP contribution is 2.44. The van der Waals surface area contributed by atoms with Gasteiger partial charge in [-0.2, -0.15) is 18.3 Å². The molecule has 1 saturated carbocycles. The molecule has 194 valence electrons. The van der Waals surface area contributed by atoms with E-state index in [1.54, 1.807) is 54.6 Å². The molecule has 2 aromatic carbocycles. The van der Waals surface area contributed by atoms with E-state index in [0.717, 1.165) is 30.1 Å². The van der Waals surface area contributed by atoms with Crippen molar-refractivity contribution >= 4 is 23.3 Å². The molecule has 0 radical (unpaired) electrons. The number of carbonyl (C=O) groups is 2. The van der Waals surface area contributed by atoms with Crippen LogP contribution in [0.25, 0.3) is 0 Å². The minimum atomic E-state index is -4.55. The maximum absolute atomic E-state index is 14.0. The van der Waals surface area contributed by atoms with Gasteiger partial charge < -0.3 is 16.0 Å². The van der Waals surface area contributed by atoms with Gasteiger partial charge in [0.2, 0.25) is 5.91 Å². The van der Waals surface area contributed by atoms with E-state index in [9.17, 15) is 22.8 Å². The molecular formula is C27H28F3N5O2. The molecule has 3 aromatic rings. The van der Waals surface area contributed by atoms with Crippen LogP contribution >= 0.6 is 0 Å². The van der Waals surface area contributed by atoms with Crippen LogP contribution in [0.3, 0.4) is 0 Å². The molecule has 2 atom stereocenters. The van der Waals surface area contributed by atoms with E-state index in [4.69, 9.17) is 0 Å². The van der Waals surface area contributed by atoms with Crippen molar-refractivity contribution in [1.82, 2.24) is 15.1 Å². The zero-order chi connectivity index (χ0) is 26.0. The summed E-state index contributed by atoms with van der Waals surface area (Å²) in [6.07, 6.45) is -0.352. The highest BCUT2D eigenvalue weighted by Gasteiger charge is 2.48. The third-order valence-electron chi connectivity index (χ3n) is 7.21. The van der Waals surface area contributed by atoms with Crippen LogP contribution in [0.2, 0.25) is 0 Å². The molecule has 5 rings (SSSR count). The number of rotatable bonds is 5. The van der Waals surface area contributed by atoms with Gasteiger partial charge in [-0.15, -0.1) is 0 Å². The third kappa shape index (κ3) is 5.05. The first-order valence-electron chi connectivity index (χ1n) is 12.4. The molecule has 1 fully saturated rings. The lowest BCUT2D eigenvalue weighted by atomic mass is 9.80. The number of hydrogen-bond acceptors (Lipinski definition) is 4. The van der Waals surface area contributed by atoms with Gasteiger partial charge in [0, 0.05) is 12.1 Å². The summed E-state index contributed by atoms with van der Waals surface area (Å²) in [5, 5.41) is 12.8. The molecule has 2 aliphatic rings. The van der Waals surface area contributed by atoms with Gasteiger partial charge in [-0.1, -0.05) is 67.8 Å². The Morgan fingerprint density at radius 1 is 0.973 bits per heavy atom. The van der Waals surface area contributed by atoms with Crippen LogP contribution in [0.15, 0.2) is 66.9 Å². The molecule has 3 N–H and O–H groups in total. The van der Waals surface area contributed by atoms with Crippen LogP contribution in [0.5, 0.6) is 0 Å². The number of fused-ring (bicyclic) bond motifs is 1. The minimum Gasteiger partial charge on any atom is -0.363 e. The van der Waals surface area contributed by atoms with Gasteiger partial charge in [0.1, 0.15) is 16.9 Å². The smallest absolute Gasteiger partial charge is 0.363 e. The van der Waals surface area contributed by atoms with Crippen LogP contribution in [-0.4, -0.2) is 33.3 Å². The Morgan fingerprint density at radius 2 is 1.62 bits per heavy atom. The zero-order valence-corrected chi connectivity index (χ0v) is 20.1. The standard InChI is InChI=1S/C27H28F3N5O2/c28-27(29,30)22-16-21(18-10-4-1-5-11-18)33-23-20(17-31-35(22)23)24(36)34-26(14-8-3-9-15-26)25(37)32-19-12-6-2-7-13-19/h1-2,4-7,10-13,17,21-22,33H,3,8-9,14-16H2,(H,32,37)(H,34,36)/t21?,22-/m1/s1. The summed E-state index contributed by atoms with van der Waals surface area (Å²) in [7, 11) is 0. The third-order valence-corrected chi connectivity index (χ3v) is 7.21. The number of benzene rings is 2. The molecule has 0 bridgehead atoms. The number of amides is 2. The Balaban J connectivity index is 1.45. The molecule has 1 unspecified atom stereocenters. The molecule has 2 amide bonds. The first kappa shape index (κ1) is 24.9. The second kappa shape index (κ2) is 9.91. The number of anilines is 2. The molecule has 0 saturated heterocycles. The molecule has 2 heterocycles. The maximum atomic E-state index is 14.0. The van der Waals surface area contributed by atoms with Gasteiger partial charge in [0.25, 0.3) is 5.91 Å². The number of nitrogens with zero attached hydrogens (tertiary/aromatic N) is 2. The molecular weight excluding hydrogens is 483 g/mol. The van der Waals surface area contributed by atoms with Crippen LogP contribution in [0.1, 0.15) is 66.5 Å². The van der Waals surface area contributed by atoms with E-state index in [2.05, 4.69) is 21.0 Å². The van der Waals surface area contributed by atoms with Crippen LogP contribution in [0, 0.1) is 0 Å². The normalized spacial score (nSPS) is 20.8. The van der Waals surface area contributed by atoms with Crippen molar-refractivity contribution in [2.75, 3.05) is 10.6 Å². The van der Waals surface area contributed by atoms with Crippen molar-refractivity contribution in [2.24, 2.45) is 0 Å².